The summed E-state index contributed by atoms with van der Waals surface area (Å²) >= 11 is 0. The van der Waals surface area contributed by atoms with Crippen molar-refractivity contribution in [3.63, 3.8) is 0 Å². The summed E-state index contributed by atoms with van der Waals surface area (Å²) in [5, 5.41) is 0. The first-order valence-corrected chi connectivity index (χ1v) is 5.40. The van der Waals surface area contributed by atoms with E-state index in [0.717, 1.165) is 18.4 Å². The van der Waals surface area contributed by atoms with Gasteiger partial charge in [0.1, 0.15) is 23.4 Å². The second-order valence-electron chi connectivity index (χ2n) is 3.65. The molecule has 3 N–H and O–H groups in total. The van der Waals surface area contributed by atoms with Crippen molar-refractivity contribution in [2.75, 3.05) is 0 Å². The van der Waals surface area contributed by atoms with Crippen LogP contribution >= 0.6 is 0 Å². The third-order valence-corrected chi connectivity index (χ3v) is 2.60. The molecule has 0 spiro atoms. The first-order valence-electron chi connectivity index (χ1n) is 5.40. The fourth-order valence-corrected chi connectivity index (χ4v) is 1.68. The van der Waals surface area contributed by atoms with Gasteiger partial charge in [0.05, 0.1) is 6.20 Å². The number of aromatic nitrogens is 1. The second-order valence-corrected chi connectivity index (χ2v) is 3.65. The third kappa shape index (κ3) is 2.35. The lowest BCUT2D eigenvalue weighted by molar-refractivity contribution is 0.417. The van der Waals surface area contributed by atoms with Crippen LogP contribution in [-0.2, 0) is 6.42 Å². The number of nitrogens with one attached hydrogen (secondary N) is 1. The molecule has 0 saturated carbocycles. The maximum absolute atomic E-state index is 13.6. The molecule has 0 radical (unpaired) electrons. The Hall–Kier alpha value is -1.72. The van der Waals surface area contributed by atoms with Crippen molar-refractivity contribution >= 4 is 0 Å². The number of furan rings is 1. The van der Waals surface area contributed by atoms with Crippen molar-refractivity contribution in [3.8, 4) is 0 Å². The Labute approximate surface area is 98.6 Å². The van der Waals surface area contributed by atoms with Gasteiger partial charge in [-0.05, 0) is 18.2 Å². The number of hydrogen-bond donors (Lipinski definition) is 2. The zero-order valence-electron chi connectivity index (χ0n) is 9.48. The summed E-state index contributed by atoms with van der Waals surface area (Å²) in [5.41, 5.74) is 2.97. The van der Waals surface area contributed by atoms with Crippen LogP contribution in [0.1, 0.15) is 30.0 Å². The Morgan fingerprint density at radius 2 is 2.29 bits per heavy atom. The molecule has 0 amide bonds. The quantitative estimate of drug-likeness (QED) is 0.627. The topological polar surface area (TPSA) is 64.1 Å². The van der Waals surface area contributed by atoms with Crippen LogP contribution in [0.15, 0.2) is 35.0 Å². The van der Waals surface area contributed by atoms with Crippen molar-refractivity contribution in [2.24, 2.45) is 5.84 Å². The van der Waals surface area contributed by atoms with Gasteiger partial charge in [-0.1, -0.05) is 6.92 Å². The number of nitrogens with two attached hydrogens (primary N) is 1. The number of pyridine rings is 1. The van der Waals surface area contributed by atoms with Crippen molar-refractivity contribution in [2.45, 2.75) is 19.4 Å². The molecule has 4 nitrogen and oxygen atoms in total. The van der Waals surface area contributed by atoms with E-state index in [1.807, 2.05) is 13.0 Å². The summed E-state index contributed by atoms with van der Waals surface area (Å²) in [5.74, 6) is 6.48. The van der Waals surface area contributed by atoms with E-state index in [-0.39, 0.29) is 0 Å². The molecule has 0 aromatic carbocycles. The third-order valence-electron chi connectivity index (χ3n) is 2.60. The van der Waals surface area contributed by atoms with Crippen LogP contribution in [0.25, 0.3) is 0 Å². The zero-order valence-corrected chi connectivity index (χ0v) is 9.48. The van der Waals surface area contributed by atoms with Gasteiger partial charge in [-0.15, -0.1) is 0 Å². The molecule has 2 rings (SSSR count). The van der Waals surface area contributed by atoms with E-state index in [4.69, 9.17) is 10.3 Å². The molecule has 17 heavy (non-hydrogen) atoms. The van der Waals surface area contributed by atoms with E-state index in [1.165, 1.54) is 6.20 Å². The predicted molar refractivity (Wildman–Crippen MR) is 61.4 cm³/mol. The van der Waals surface area contributed by atoms with E-state index in [9.17, 15) is 4.39 Å². The Morgan fingerprint density at radius 3 is 2.88 bits per heavy atom. The van der Waals surface area contributed by atoms with Gasteiger partial charge in [0.15, 0.2) is 0 Å². The van der Waals surface area contributed by atoms with Crippen LogP contribution in [0.4, 0.5) is 4.39 Å². The van der Waals surface area contributed by atoms with Crippen molar-refractivity contribution in [3.05, 3.63) is 53.5 Å². The molecular weight excluding hydrogens is 221 g/mol. The van der Waals surface area contributed by atoms with Gasteiger partial charge in [-0.25, -0.2) is 9.82 Å². The molecule has 1 unspecified atom stereocenters. The minimum atomic E-state index is -0.502. The molecule has 0 aliphatic heterocycles. The molecule has 1 atom stereocenters. The summed E-state index contributed by atoms with van der Waals surface area (Å²) in [6.07, 6.45) is 3.46. The number of aryl methyl sites for hydroxylation is 1. The van der Waals surface area contributed by atoms with Crippen LogP contribution in [0.3, 0.4) is 0 Å². The van der Waals surface area contributed by atoms with Gasteiger partial charge < -0.3 is 4.42 Å². The van der Waals surface area contributed by atoms with Crippen LogP contribution in [-0.4, -0.2) is 4.98 Å². The van der Waals surface area contributed by atoms with Crippen LogP contribution in [0, 0.1) is 5.82 Å². The summed E-state index contributed by atoms with van der Waals surface area (Å²) in [7, 11) is 0. The molecule has 2 heterocycles. The number of rotatable bonds is 4. The highest BCUT2D eigenvalue weighted by molar-refractivity contribution is 5.26. The van der Waals surface area contributed by atoms with Crippen LogP contribution < -0.4 is 11.3 Å². The molecule has 0 fully saturated rings. The fourth-order valence-electron chi connectivity index (χ4n) is 1.68. The summed E-state index contributed by atoms with van der Waals surface area (Å²) in [6, 6.07) is 4.73. The fraction of sp³-hybridized carbons (Fsp3) is 0.250. The number of hydrogen-bond acceptors (Lipinski definition) is 4. The van der Waals surface area contributed by atoms with E-state index in [0.29, 0.717) is 11.3 Å². The molecule has 0 aliphatic rings. The van der Waals surface area contributed by atoms with E-state index in [2.05, 4.69) is 10.4 Å². The maximum atomic E-state index is 13.6. The largest absolute Gasteiger partial charge is 0.464 e. The lowest BCUT2D eigenvalue weighted by atomic mass is 10.1. The highest BCUT2D eigenvalue weighted by atomic mass is 19.1. The summed E-state index contributed by atoms with van der Waals surface area (Å²) < 4.78 is 19.2. The number of nitrogens with zero attached hydrogens (tertiary/aromatic N) is 1. The monoisotopic (exact) mass is 235 g/mol. The van der Waals surface area contributed by atoms with Crippen LogP contribution in [0.2, 0.25) is 0 Å². The van der Waals surface area contributed by atoms with Crippen molar-refractivity contribution < 1.29 is 8.81 Å². The van der Waals surface area contributed by atoms with E-state index >= 15 is 0 Å². The smallest absolute Gasteiger partial charge is 0.146 e. The Bertz CT molecular complexity index is 498. The van der Waals surface area contributed by atoms with Crippen molar-refractivity contribution in [1.29, 1.82) is 0 Å². The van der Waals surface area contributed by atoms with Gasteiger partial charge in [0.2, 0.25) is 0 Å². The van der Waals surface area contributed by atoms with Crippen molar-refractivity contribution in [1.82, 2.24) is 10.4 Å². The Morgan fingerprint density at radius 1 is 1.47 bits per heavy atom. The van der Waals surface area contributed by atoms with Crippen LogP contribution in [0.5, 0.6) is 0 Å². The standard InChI is InChI=1S/C12H14FN3O/c1-2-8-3-4-11(17-8)12(16-14)9-5-6-15-7-10(9)13/h3-7,12,16H,2,14H2,1H3. The maximum Gasteiger partial charge on any atom is 0.146 e. The lowest BCUT2D eigenvalue weighted by Gasteiger charge is -2.14. The Balaban J connectivity index is 2.36. The van der Waals surface area contributed by atoms with Gasteiger partial charge >= 0.3 is 0 Å². The van der Waals surface area contributed by atoms with E-state index < -0.39 is 11.9 Å². The summed E-state index contributed by atoms with van der Waals surface area (Å²) in [6.45, 7) is 1.99. The molecule has 0 aliphatic carbocycles. The van der Waals surface area contributed by atoms with Gasteiger partial charge in [0.25, 0.3) is 0 Å². The summed E-state index contributed by atoms with van der Waals surface area (Å²) in [4.78, 5) is 3.70. The molecule has 0 saturated heterocycles. The van der Waals surface area contributed by atoms with E-state index in [1.54, 1.807) is 12.1 Å². The first-order chi connectivity index (χ1) is 8.26. The number of halogens is 1. The number of hydrazine groups is 1. The normalized spacial score (nSPS) is 12.6. The molecular formula is C12H14FN3O. The lowest BCUT2D eigenvalue weighted by Crippen LogP contribution is -2.29. The van der Waals surface area contributed by atoms with Gasteiger partial charge in [-0.2, -0.15) is 0 Å². The highest BCUT2D eigenvalue weighted by Gasteiger charge is 2.19. The zero-order chi connectivity index (χ0) is 12.3. The highest BCUT2D eigenvalue weighted by Crippen LogP contribution is 2.24. The van der Waals surface area contributed by atoms with Gasteiger partial charge in [-0.3, -0.25) is 10.8 Å². The molecule has 2 aromatic rings. The average molecular weight is 235 g/mol. The minimum Gasteiger partial charge on any atom is -0.464 e. The molecule has 2 aromatic heterocycles. The molecule has 90 valence electrons. The SMILES string of the molecule is CCc1ccc(C(NN)c2ccncc2F)o1. The van der Waals surface area contributed by atoms with Gasteiger partial charge in [0, 0.05) is 18.2 Å². The first kappa shape index (κ1) is 11.8. The second kappa shape index (κ2) is 5.07. The Kier molecular flexibility index (Phi) is 3.51. The molecule has 5 heteroatoms. The predicted octanol–water partition coefficient (Wildman–Crippen LogP) is 1.93. The molecule has 0 bridgehead atoms. The average Bonchev–Trinajstić information content (AvgIpc) is 2.81. The minimum absolute atomic E-state index is 0.412.